The summed E-state index contributed by atoms with van der Waals surface area (Å²) in [5, 5.41) is 21.6. The Morgan fingerprint density at radius 3 is 2.50 bits per heavy atom. The number of nitriles is 1. The lowest BCUT2D eigenvalue weighted by molar-refractivity contribution is 0.894. The van der Waals surface area contributed by atoms with Gasteiger partial charge in [-0.3, -0.25) is 4.98 Å². The fourth-order valence-electron chi connectivity index (χ4n) is 2.34. The molecule has 22 heavy (non-hydrogen) atoms. The summed E-state index contributed by atoms with van der Waals surface area (Å²) in [7, 11) is 0. The topological polar surface area (TPSA) is 74.5 Å². The largest absolute Gasteiger partial charge is 0.380 e. The molecule has 0 radical (unpaired) electrons. The molecule has 0 saturated heterocycles. The van der Waals surface area contributed by atoms with Crippen LogP contribution in [-0.2, 0) is 0 Å². The monoisotopic (exact) mass is 289 g/mol. The van der Waals surface area contributed by atoms with Crippen molar-refractivity contribution in [3.8, 4) is 17.2 Å². The number of hydrogen-bond acceptors (Lipinski definition) is 5. The molecule has 0 atom stereocenters. The number of rotatable bonds is 3. The average molecular weight is 289 g/mol. The molecule has 0 amide bonds. The zero-order valence-corrected chi connectivity index (χ0v) is 12.4. The number of fused-ring (bicyclic) bond motifs is 1. The Labute approximate surface area is 128 Å². The van der Waals surface area contributed by atoms with Gasteiger partial charge in [0.25, 0.3) is 0 Å². The van der Waals surface area contributed by atoms with Crippen LogP contribution in [0.25, 0.3) is 22.0 Å². The number of hydrogen-bond donors (Lipinski definition) is 1. The van der Waals surface area contributed by atoms with Gasteiger partial charge >= 0.3 is 0 Å². The molecular formula is C17H15N5. The minimum atomic E-state index is 0.198. The summed E-state index contributed by atoms with van der Waals surface area (Å²) < 4.78 is 0. The van der Waals surface area contributed by atoms with Crippen molar-refractivity contribution >= 4 is 16.6 Å². The first-order chi connectivity index (χ1) is 10.7. The molecule has 0 saturated carbocycles. The average Bonchev–Trinajstić information content (AvgIpc) is 2.55. The molecule has 2 heterocycles. The summed E-state index contributed by atoms with van der Waals surface area (Å²) in [6.07, 6.45) is 3.52. The summed E-state index contributed by atoms with van der Waals surface area (Å²) in [6, 6.07) is 12.2. The Morgan fingerprint density at radius 1 is 1.05 bits per heavy atom. The number of nitrogens with one attached hydrogen (secondary N) is 1. The van der Waals surface area contributed by atoms with E-state index < -0.39 is 0 Å². The summed E-state index contributed by atoms with van der Waals surface area (Å²) in [5.74, 6) is 0. The van der Waals surface area contributed by atoms with Crippen molar-refractivity contribution in [2.24, 2.45) is 0 Å². The second-order valence-corrected chi connectivity index (χ2v) is 5.30. The van der Waals surface area contributed by atoms with Gasteiger partial charge in [0.15, 0.2) is 5.69 Å². The fourth-order valence-corrected chi connectivity index (χ4v) is 2.34. The van der Waals surface area contributed by atoms with Gasteiger partial charge in [-0.05, 0) is 49.2 Å². The molecule has 0 aliphatic heterocycles. The van der Waals surface area contributed by atoms with E-state index in [1.165, 1.54) is 0 Å². The smallest absolute Gasteiger partial charge is 0.186 e. The van der Waals surface area contributed by atoms with Crippen molar-refractivity contribution in [3.63, 3.8) is 0 Å². The third kappa shape index (κ3) is 2.59. The number of anilines is 1. The van der Waals surface area contributed by atoms with E-state index in [0.29, 0.717) is 5.69 Å². The highest BCUT2D eigenvalue weighted by molar-refractivity contribution is 5.95. The maximum absolute atomic E-state index is 9.28. The number of aromatic nitrogens is 3. The standard InChI is InChI=1S/C17H15N5/c1-11(2)20-17-14-9-13(12-5-7-19-8-6-12)3-4-15(14)21-22-16(17)10-18/h3-9,11H,1-2H3,(H,20,21). The summed E-state index contributed by atoms with van der Waals surface area (Å²) in [5.41, 5.74) is 3.94. The molecule has 0 bridgehead atoms. The predicted octanol–water partition coefficient (Wildman–Crippen LogP) is 3.38. The van der Waals surface area contributed by atoms with Gasteiger partial charge in [-0.2, -0.15) is 5.26 Å². The quantitative estimate of drug-likeness (QED) is 0.800. The van der Waals surface area contributed by atoms with Crippen LogP contribution in [0.4, 0.5) is 5.69 Å². The molecule has 5 heteroatoms. The van der Waals surface area contributed by atoms with E-state index in [0.717, 1.165) is 27.7 Å². The number of benzene rings is 1. The molecule has 3 aromatic rings. The molecule has 5 nitrogen and oxygen atoms in total. The molecule has 0 spiro atoms. The van der Waals surface area contributed by atoms with Gasteiger partial charge in [-0.25, -0.2) is 0 Å². The highest BCUT2D eigenvalue weighted by Gasteiger charge is 2.12. The first kappa shape index (κ1) is 14.0. The normalized spacial score (nSPS) is 10.6. The van der Waals surface area contributed by atoms with E-state index in [1.54, 1.807) is 12.4 Å². The Hall–Kier alpha value is -3.00. The maximum Gasteiger partial charge on any atom is 0.186 e. The minimum absolute atomic E-state index is 0.198. The molecule has 1 N–H and O–H groups in total. The highest BCUT2D eigenvalue weighted by atomic mass is 15.1. The number of nitrogens with zero attached hydrogens (tertiary/aromatic N) is 4. The molecule has 3 rings (SSSR count). The van der Waals surface area contributed by atoms with Crippen molar-refractivity contribution in [2.75, 3.05) is 5.32 Å². The zero-order valence-electron chi connectivity index (χ0n) is 12.4. The van der Waals surface area contributed by atoms with Crippen molar-refractivity contribution in [1.29, 1.82) is 5.26 Å². The summed E-state index contributed by atoms with van der Waals surface area (Å²) in [6.45, 7) is 4.06. The van der Waals surface area contributed by atoms with Crippen molar-refractivity contribution in [1.82, 2.24) is 15.2 Å². The van der Waals surface area contributed by atoms with Gasteiger partial charge < -0.3 is 5.32 Å². The van der Waals surface area contributed by atoms with Crippen molar-refractivity contribution in [3.05, 3.63) is 48.4 Å². The molecule has 1 aromatic carbocycles. The van der Waals surface area contributed by atoms with E-state index in [4.69, 9.17) is 0 Å². The Balaban J connectivity index is 2.23. The van der Waals surface area contributed by atoms with Crippen LogP contribution in [0.15, 0.2) is 42.7 Å². The fraction of sp³-hybridized carbons (Fsp3) is 0.176. The van der Waals surface area contributed by atoms with Gasteiger partial charge in [0.2, 0.25) is 0 Å². The van der Waals surface area contributed by atoms with Crippen LogP contribution in [0.2, 0.25) is 0 Å². The van der Waals surface area contributed by atoms with Crippen LogP contribution in [0, 0.1) is 11.3 Å². The van der Waals surface area contributed by atoms with E-state index in [1.807, 2.05) is 44.2 Å². The second kappa shape index (κ2) is 5.78. The van der Waals surface area contributed by atoms with Gasteiger partial charge in [0.05, 0.1) is 11.2 Å². The predicted molar refractivity (Wildman–Crippen MR) is 86.2 cm³/mol. The SMILES string of the molecule is CC(C)Nc1c(C#N)nnc2ccc(-c3ccncc3)cc12. The zero-order chi connectivity index (χ0) is 15.5. The first-order valence-corrected chi connectivity index (χ1v) is 7.06. The lowest BCUT2D eigenvalue weighted by Crippen LogP contribution is -2.12. The second-order valence-electron chi connectivity index (χ2n) is 5.30. The highest BCUT2D eigenvalue weighted by Crippen LogP contribution is 2.29. The lowest BCUT2D eigenvalue weighted by atomic mass is 10.0. The lowest BCUT2D eigenvalue weighted by Gasteiger charge is -2.14. The van der Waals surface area contributed by atoms with Crippen LogP contribution in [0.5, 0.6) is 0 Å². The van der Waals surface area contributed by atoms with E-state index in [9.17, 15) is 5.26 Å². The van der Waals surface area contributed by atoms with Gasteiger partial charge in [-0.1, -0.05) is 6.07 Å². The molecule has 0 aliphatic rings. The summed E-state index contributed by atoms with van der Waals surface area (Å²) in [4.78, 5) is 4.04. The van der Waals surface area contributed by atoms with Crippen LogP contribution in [-0.4, -0.2) is 21.2 Å². The summed E-state index contributed by atoms with van der Waals surface area (Å²) >= 11 is 0. The van der Waals surface area contributed by atoms with Gasteiger partial charge in [0.1, 0.15) is 6.07 Å². The van der Waals surface area contributed by atoms with Gasteiger partial charge in [0, 0.05) is 23.8 Å². The Morgan fingerprint density at radius 2 is 1.82 bits per heavy atom. The van der Waals surface area contributed by atoms with Crippen molar-refractivity contribution < 1.29 is 0 Å². The number of pyridine rings is 1. The van der Waals surface area contributed by atoms with Crippen LogP contribution < -0.4 is 5.32 Å². The third-order valence-corrected chi connectivity index (χ3v) is 3.31. The van der Waals surface area contributed by atoms with E-state index in [-0.39, 0.29) is 6.04 Å². The van der Waals surface area contributed by atoms with E-state index in [2.05, 4.69) is 26.6 Å². The van der Waals surface area contributed by atoms with Crippen LogP contribution in [0.3, 0.4) is 0 Å². The third-order valence-electron chi connectivity index (χ3n) is 3.31. The van der Waals surface area contributed by atoms with Crippen molar-refractivity contribution in [2.45, 2.75) is 19.9 Å². The maximum atomic E-state index is 9.28. The minimum Gasteiger partial charge on any atom is -0.380 e. The molecule has 0 fully saturated rings. The molecule has 2 aromatic heterocycles. The molecular weight excluding hydrogens is 274 g/mol. The van der Waals surface area contributed by atoms with E-state index >= 15 is 0 Å². The molecule has 108 valence electrons. The first-order valence-electron chi connectivity index (χ1n) is 7.06. The van der Waals surface area contributed by atoms with Crippen LogP contribution in [0.1, 0.15) is 19.5 Å². The van der Waals surface area contributed by atoms with Gasteiger partial charge in [-0.15, -0.1) is 10.2 Å². The molecule has 0 aliphatic carbocycles. The Bertz CT molecular complexity index is 850. The molecule has 0 unspecified atom stereocenters. The van der Waals surface area contributed by atoms with Crippen LogP contribution >= 0.6 is 0 Å². The Kier molecular flexibility index (Phi) is 3.67.